The fourth-order valence-corrected chi connectivity index (χ4v) is 1.95. The van der Waals surface area contributed by atoms with Crippen molar-refractivity contribution in [1.82, 2.24) is 9.78 Å². The van der Waals surface area contributed by atoms with E-state index in [1.54, 1.807) is 42.2 Å². The molecule has 0 aliphatic heterocycles. The van der Waals surface area contributed by atoms with Crippen LogP contribution in [0.5, 0.6) is 0 Å². The van der Waals surface area contributed by atoms with Gasteiger partial charge in [-0.15, -0.1) is 0 Å². The Bertz CT molecular complexity index is 650. The molecular weight excluding hydrogens is 268 g/mol. The summed E-state index contributed by atoms with van der Waals surface area (Å²) in [5.41, 5.74) is 2.31. The van der Waals surface area contributed by atoms with Crippen LogP contribution in [0.15, 0.2) is 36.7 Å². The summed E-state index contributed by atoms with van der Waals surface area (Å²) in [7, 11) is 0. The Hall–Kier alpha value is -2.63. The Balaban J connectivity index is 2.08. The largest absolute Gasteiger partial charge is 0.326 e. The molecule has 1 heterocycles. The number of nitrogens with one attached hydrogen (secondary N) is 2. The van der Waals surface area contributed by atoms with Crippen molar-refractivity contribution < 1.29 is 9.59 Å². The third kappa shape index (κ3) is 3.68. The van der Waals surface area contributed by atoms with Gasteiger partial charge in [-0.25, -0.2) is 0 Å². The third-order valence-electron chi connectivity index (χ3n) is 3.11. The van der Waals surface area contributed by atoms with Crippen molar-refractivity contribution in [3.05, 3.63) is 42.2 Å². The smallest absolute Gasteiger partial charge is 0.248 e. The molecule has 0 aliphatic rings. The highest BCUT2D eigenvalue weighted by Gasteiger charge is 2.15. The number of aryl methyl sites for hydroxylation is 1. The number of hydrogen-bond acceptors (Lipinski definition) is 3. The minimum atomic E-state index is -0.393. The molecule has 0 fully saturated rings. The number of carbonyl (C=O) groups excluding carboxylic acids is 2. The van der Waals surface area contributed by atoms with Crippen LogP contribution >= 0.6 is 0 Å². The zero-order valence-electron chi connectivity index (χ0n) is 12.3. The SMILES string of the molecule is CC(=O)Nc1ccc(NC(=O)[C@@H](C)n2cccn2)cc1C. The van der Waals surface area contributed by atoms with Crippen molar-refractivity contribution in [2.24, 2.45) is 0 Å². The molecule has 2 aromatic rings. The van der Waals surface area contributed by atoms with Gasteiger partial charge in [-0.3, -0.25) is 14.3 Å². The number of aromatic nitrogens is 2. The number of hydrogen-bond donors (Lipinski definition) is 2. The van der Waals surface area contributed by atoms with Crippen molar-refractivity contribution >= 4 is 23.2 Å². The molecule has 0 spiro atoms. The quantitative estimate of drug-likeness (QED) is 0.905. The van der Waals surface area contributed by atoms with Gasteiger partial charge in [-0.05, 0) is 43.7 Å². The van der Waals surface area contributed by atoms with Gasteiger partial charge in [0.15, 0.2) is 0 Å². The molecule has 6 heteroatoms. The highest BCUT2D eigenvalue weighted by atomic mass is 16.2. The highest BCUT2D eigenvalue weighted by Crippen LogP contribution is 2.20. The molecule has 6 nitrogen and oxygen atoms in total. The molecule has 1 atom stereocenters. The molecule has 0 bridgehead atoms. The zero-order valence-corrected chi connectivity index (χ0v) is 12.3. The first-order valence-electron chi connectivity index (χ1n) is 6.65. The topological polar surface area (TPSA) is 76.0 Å². The summed E-state index contributed by atoms with van der Waals surface area (Å²) >= 11 is 0. The number of carbonyl (C=O) groups is 2. The van der Waals surface area contributed by atoms with Crippen LogP contribution in [-0.4, -0.2) is 21.6 Å². The van der Waals surface area contributed by atoms with Crippen LogP contribution < -0.4 is 10.6 Å². The van der Waals surface area contributed by atoms with E-state index < -0.39 is 6.04 Å². The van der Waals surface area contributed by atoms with Crippen molar-refractivity contribution in [1.29, 1.82) is 0 Å². The summed E-state index contributed by atoms with van der Waals surface area (Å²) in [6, 6.07) is 6.72. The molecule has 0 aliphatic carbocycles. The average Bonchev–Trinajstić information content (AvgIpc) is 2.94. The van der Waals surface area contributed by atoms with E-state index in [9.17, 15) is 9.59 Å². The lowest BCUT2D eigenvalue weighted by atomic mass is 10.1. The lowest BCUT2D eigenvalue weighted by molar-refractivity contribution is -0.119. The molecule has 2 rings (SSSR count). The zero-order chi connectivity index (χ0) is 15.4. The van der Waals surface area contributed by atoms with Crippen LogP contribution in [0.4, 0.5) is 11.4 Å². The van der Waals surface area contributed by atoms with Gasteiger partial charge in [0.1, 0.15) is 6.04 Å². The van der Waals surface area contributed by atoms with Crippen LogP contribution in [0.3, 0.4) is 0 Å². The van der Waals surface area contributed by atoms with E-state index >= 15 is 0 Å². The Morgan fingerprint density at radius 1 is 1.29 bits per heavy atom. The summed E-state index contributed by atoms with van der Waals surface area (Å²) < 4.78 is 1.59. The predicted octanol–water partition coefficient (Wildman–Crippen LogP) is 2.35. The van der Waals surface area contributed by atoms with E-state index in [1.807, 2.05) is 13.0 Å². The minimum absolute atomic E-state index is 0.123. The molecule has 21 heavy (non-hydrogen) atoms. The Kier molecular flexibility index (Phi) is 4.37. The molecular formula is C15H18N4O2. The maximum Gasteiger partial charge on any atom is 0.248 e. The van der Waals surface area contributed by atoms with E-state index in [2.05, 4.69) is 15.7 Å². The maximum absolute atomic E-state index is 12.1. The number of benzene rings is 1. The van der Waals surface area contributed by atoms with E-state index in [0.29, 0.717) is 5.69 Å². The van der Waals surface area contributed by atoms with Crippen molar-refractivity contribution in [2.45, 2.75) is 26.8 Å². The molecule has 2 N–H and O–H groups in total. The maximum atomic E-state index is 12.1. The Morgan fingerprint density at radius 2 is 2.05 bits per heavy atom. The van der Waals surface area contributed by atoms with E-state index in [0.717, 1.165) is 11.3 Å². The third-order valence-corrected chi connectivity index (χ3v) is 3.11. The molecule has 0 unspecified atom stereocenters. The monoisotopic (exact) mass is 286 g/mol. The van der Waals surface area contributed by atoms with Gasteiger partial charge in [-0.2, -0.15) is 5.10 Å². The second-order valence-electron chi connectivity index (χ2n) is 4.86. The first-order valence-corrected chi connectivity index (χ1v) is 6.65. The predicted molar refractivity (Wildman–Crippen MR) is 81.1 cm³/mol. The number of nitrogens with zero attached hydrogens (tertiary/aromatic N) is 2. The number of anilines is 2. The minimum Gasteiger partial charge on any atom is -0.326 e. The van der Waals surface area contributed by atoms with Crippen molar-refractivity contribution in [3.8, 4) is 0 Å². The van der Waals surface area contributed by atoms with Gasteiger partial charge in [0.25, 0.3) is 0 Å². The molecule has 110 valence electrons. The van der Waals surface area contributed by atoms with Crippen LogP contribution in [0.2, 0.25) is 0 Å². The average molecular weight is 286 g/mol. The molecule has 1 aromatic carbocycles. The summed E-state index contributed by atoms with van der Waals surface area (Å²) in [6.07, 6.45) is 3.38. The van der Waals surface area contributed by atoms with Gasteiger partial charge in [0, 0.05) is 30.7 Å². The van der Waals surface area contributed by atoms with Gasteiger partial charge in [0.2, 0.25) is 11.8 Å². The fourth-order valence-electron chi connectivity index (χ4n) is 1.95. The normalized spacial score (nSPS) is 11.8. The Labute approximate surface area is 123 Å². The second-order valence-corrected chi connectivity index (χ2v) is 4.86. The van der Waals surface area contributed by atoms with Gasteiger partial charge < -0.3 is 10.6 Å². The molecule has 0 saturated heterocycles. The van der Waals surface area contributed by atoms with E-state index in [4.69, 9.17) is 0 Å². The van der Waals surface area contributed by atoms with Crippen molar-refractivity contribution in [3.63, 3.8) is 0 Å². The van der Waals surface area contributed by atoms with Crippen molar-refractivity contribution in [2.75, 3.05) is 10.6 Å². The fraction of sp³-hybridized carbons (Fsp3) is 0.267. The summed E-state index contributed by atoms with van der Waals surface area (Å²) in [5, 5.41) is 9.62. The number of rotatable bonds is 4. The highest BCUT2D eigenvalue weighted by molar-refractivity contribution is 5.94. The summed E-state index contributed by atoms with van der Waals surface area (Å²) in [6.45, 7) is 5.11. The van der Waals surface area contributed by atoms with Crippen LogP contribution in [0, 0.1) is 6.92 Å². The van der Waals surface area contributed by atoms with Crippen LogP contribution in [-0.2, 0) is 9.59 Å². The molecule has 2 amide bonds. The summed E-state index contributed by atoms with van der Waals surface area (Å²) in [4.78, 5) is 23.2. The lowest BCUT2D eigenvalue weighted by Crippen LogP contribution is -2.24. The van der Waals surface area contributed by atoms with E-state index in [1.165, 1.54) is 6.92 Å². The first-order chi connectivity index (χ1) is 9.97. The van der Waals surface area contributed by atoms with Gasteiger partial charge in [-0.1, -0.05) is 0 Å². The van der Waals surface area contributed by atoms with Gasteiger partial charge >= 0.3 is 0 Å². The second kappa shape index (κ2) is 6.21. The Morgan fingerprint density at radius 3 is 2.62 bits per heavy atom. The summed E-state index contributed by atoms with van der Waals surface area (Å²) in [5.74, 6) is -0.271. The first kappa shape index (κ1) is 14.8. The van der Waals surface area contributed by atoms with E-state index in [-0.39, 0.29) is 11.8 Å². The standard InChI is InChI=1S/C15H18N4O2/c1-10-9-13(5-6-14(10)17-12(3)20)18-15(21)11(2)19-8-4-7-16-19/h4-9,11H,1-3H3,(H,17,20)(H,18,21)/t11-/m1/s1. The molecule has 0 saturated carbocycles. The molecule has 0 radical (unpaired) electrons. The van der Waals surface area contributed by atoms with Crippen LogP contribution in [0.1, 0.15) is 25.5 Å². The molecule has 1 aromatic heterocycles. The lowest BCUT2D eigenvalue weighted by Gasteiger charge is -2.14. The van der Waals surface area contributed by atoms with Gasteiger partial charge in [0.05, 0.1) is 0 Å². The number of amides is 2. The van der Waals surface area contributed by atoms with Crippen LogP contribution in [0.25, 0.3) is 0 Å².